The summed E-state index contributed by atoms with van der Waals surface area (Å²) in [5.41, 5.74) is 1.97. The Bertz CT molecular complexity index is 960. The summed E-state index contributed by atoms with van der Waals surface area (Å²) in [4.78, 5) is 0. The lowest BCUT2D eigenvalue weighted by Crippen LogP contribution is -2.00. The summed E-state index contributed by atoms with van der Waals surface area (Å²) in [5, 5.41) is 10.2. The van der Waals surface area contributed by atoms with Gasteiger partial charge in [0.15, 0.2) is 22.5 Å². The van der Waals surface area contributed by atoms with Crippen molar-refractivity contribution in [2.75, 3.05) is 13.9 Å². The number of hydrogen-bond donors (Lipinski definition) is 0. The van der Waals surface area contributed by atoms with Crippen molar-refractivity contribution in [2.24, 2.45) is 0 Å². The van der Waals surface area contributed by atoms with Gasteiger partial charge in [-0.05, 0) is 42.8 Å². The average Bonchev–Trinajstić information content (AvgIpc) is 3.32. The van der Waals surface area contributed by atoms with Crippen LogP contribution in [0.1, 0.15) is 12.5 Å². The molecule has 1 aromatic heterocycles. The minimum atomic E-state index is 0.234. The first-order valence-electron chi connectivity index (χ1n) is 8.48. The van der Waals surface area contributed by atoms with Gasteiger partial charge in [-0.15, -0.1) is 10.2 Å². The largest absolute Gasteiger partial charge is 0.497 e. The van der Waals surface area contributed by atoms with Crippen LogP contribution in [0.3, 0.4) is 0 Å². The summed E-state index contributed by atoms with van der Waals surface area (Å²) in [6, 6.07) is 11.5. The fourth-order valence-corrected chi connectivity index (χ4v) is 4.14. The Balaban J connectivity index is 1.55. The van der Waals surface area contributed by atoms with Gasteiger partial charge in [-0.1, -0.05) is 23.4 Å². The van der Waals surface area contributed by atoms with E-state index in [2.05, 4.69) is 21.7 Å². The summed E-state index contributed by atoms with van der Waals surface area (Å²) < 4.78 is 18.1. The lowest BCUT2D eigenvalue weighted by atomic mass is 10.2. The molecule has 2 aromatic carbocycles. The van der Waals surface area contributed by atoms with Gasteiger partial charge in [0.1, 0.15) is 5.75 Å². The van der Waals surface area contributed by atoms with E-state index in [0.29, 0.717) is 16.5 Å². The first-order chi connectivity index (χ1) is 13.2. The molecule has 4 rings (SSSR count). The second-order valence-electron chi connectivity index (χ2n) is 5.86. The van der Waals surface area contributed by atoms with Crippen LogP contribution in [0.5, 0.6) is 17.2 Å². The number of benzene rings is 2. The molecule has 0 saturated heterocycles. The molecule has 8 heteroatoms. The van der Waals surface area contributed by atoms with Crippen LogP contribution in [0, 0.1) is 0 Å². The fourth-order valence-electron chi connectivity index (χ4n) is 2.85. The Morgan fingerprint density at radius 3 is 2.59 bits per heavy atom. The monoisotopic (exact) mass is 403 g/mol. The van der Waals surface area contributed by atoms with Gasteiger partial charge in [0.25, 0.3) is 0 Å². The topological polar surface area (TPSA) is 58.4 Å². The van der Waals surface area contributed by atoms with Crippen molar-refractivity contribution in [3.8, 4) is 28.6 Å². The second-order valence-corrected chi connectivity index (χ2v) is 7.21. The first-order valence-corrected chi connectivity index (χ1v) is 9.84. The predicted octanol–water partition coefficient (Wildman–Crippen LogP) is 4.65. The number of aromatic nitrogens is 3. The summed E-state index contributed by atoms with van der Waals surface area (Å²) in [7, 11) is 1.65. The van der Waals surface area contributed by atoms with Crippen molar-refractivity contribution in [1.29, 1.82) is 0 Å². The molecule has 0 atom stereocenters. The maximum Gasteiger partial charge on any atom is 0.231 e. The number of nitrogens with zero attached hydrogens (tertiary/aromatic N) is 3. The van der Waals surface area contributed by atoms with E-state index >= 15 is 0 Å². The zero-order valence-corrected chi connectivity index (χ0v) is 16.5. The third-order valence-corrected chi connectivity index (χ3v) is 5.65. The maximum atomic E-state index is 6.37. The zero-order chi connectivity index (χ0) is 18.8. The highest BCUT2D eigenvalue weighted by Gasteiger charge is 2.18. The van der Waals surface area contributed by atoms with Gasteiger partial charge in [0, 0.05) is 29.0 Å². The second kappa shape index (κ2) is 7.70. The maximum absolute atomic E-state index is 6.37. The number of thioether (sulfide) groups is 1. The normalized spacial score (nSPS) is 12.4. The van der Waals surface area contributed by atoms with Gasteiger partial charge < -0.3 is 18.8 Å². The molecule has 0 unspecified atom stereocenters. The summed E-state index contributed by atoms with van der Waals surface area (Å²) >= 11 is 7.97. The zero-order valence-electron chi connectivity index (χ0n) is 14.9. The van der Waals surface area contributed by atoms with E-state index in [-0.39, 0.29) is 6.79 Å². The number of methoxy groups -OCH3 is 1. The molecule has 0 spiro atoms. The van der Waals surface area contributed by atoms with Crippen molar-refractivity contribution in [3.05, 3.63) is 47.0 Å². The number of hydrogen-bond acceptors (Lipinski definition) is 6. The Hall–Kier alpha value is -2.38. The molecule has 2 heterocycles. The van der Waals surface area contributed by atoms with E-state index in [1.54, 1.807) is 24.9 Å². The van der Waals surface area contributed by atoms with Gasteiger partial charge in [0.2, 0.25) is 6.79 Å². The molecule has 0 radical (unpaired) electrons. The van der Waals surface area contributed by atoms with Crippen molar-refractivity contribution >= 4 is 23.4 Å². The van der Waals surface area contributed by atoms with Gasteiger partial charge in [-0.3, -0.25) is 0 Å². The number of halogens is 1. The highest BCUT2D eigenvalue weighted by atomic mass is 35.5. The van der Waals surface area contributed by atoms with Crippen molar-refractivity contribution in [3.63, 3.8) is 0 Å². The molecule has 140 valence electrons. The van der Waals surface area contributed by atoms with Crippen LogP contribution >= 0.6 is 23.4 Å². The summed E-state index contributed by atoms with van der Waals surface area (Å²) in [6.07, 6.45) is 0. The van der Waals surface area contributed by atoms with Crippen LogP contribution in [-0.2, 0) is 12.3 Å². The van der Waals surface area contributed by atoms with Gasteiger partial charge in [-0.2, -0.15) is 0 Å². The third kappa shape index (κ3) is 3.57. The van der Waals surface area contributed by atoms with Crippen LogP contribution in [0.2, 0.25) is 5.02 Å². The molecule has 0 aliphatic carbocycles. The summed E-state index contributed by atoms with van der Waals surface area (Å²) in [6.45, 7) is 3.08. The van der Waals surface area contributed by atoms with Crippen molar-refractivity contribution in [1.82, 2.24) is 14.8 Å². The van der Waals surface area contributed by atoms with E-state index < -0.39 is 0 Å². The molecule has 0 fully saturated rings. The quantitative estimate of drug-likeness (QED) is 0.558. The molecule has 0 bridgehead atoms. The van der Waals surface area contributed by atoms with E-state index in [4.69, 9.17) is 25.8 Å². The number of fused-ring (bicyclic) bond motifs is 1. The fraction of sp³-hybridized carbons (Fsp3) is 0.263. The molecule has 3 aromatic rings. The summed E-state index contributed by atoms with van der Waals surface area (Å²) in [5.74, 6) is 3.72. The Kier molecular flexibility index (Phi) is 5.13. The van der Waals surface area contributed by atoms with E-state index in [1.807, 2.05) is 30.3 Å². The Morgan fingerprint density at radius 1 is 1.15 bits per heavy atom. The minimum Gasteiger partial charge on any atom is -0.497 e. The number of rotatable bonds is 6. The average molecular weight is 404 g/mol. The van der Waals surface area contributed by atoms with Crippen LogP contribution in [0.4, 0.5) is 0 Å². The first kappa shape index (κ1) is 18.0. The molecular formula is C19H18ClN3O3S. The smallest absolute Gasteiger partial charge is 0.231 e. The van der Waals surface area contributed by atoms with E-state index in [0.717, 1.165) is 40.2 Å². The van der Waals surface area contributed by atoms with Crippen LogP contribution in [0.25, 0.3) is 11.4 Å². The van der Waals surface area contributed by atoms with E-state index in [1.165, 1.54) is 0 Å². The highest BCUT2D eigenvalue weighted by Crippen LogP contribution is 2.39. The molecule has 0 saturated carbocycles. The standard InChI is InChI=1S/C19H18ClN3O3S/c1-3-23-18(12-4-6-14(24-2)7-5-12)21-22-19(23)27-10-13-8-16-17(9-15(13)20)26-11-25-16/h4-9H,3,10-11H2,1-2H3. The molecule has 1 aliphatic heterocycles. The lowest BCUT2D eigenvalue weighted by molar-refractivity contribution is 0.174. The predicted molar refractivity (Wildman–Crippen MR) is 105 cm³/mol. The van der Waals surface area contributed by atoms with Gasteiger partial charge >= 0.3 is 0 Å². The molecule has 0 amide bonds. The Labute approximate surface area is 166 Å². The van der Waals surface area contributed by atoms with Gasteiger partial charge in [-0.25, -0.2) is 0 Å². The van der Waals surface area contributed by atoms with Crippen LogP contribution in [-0.4, -0.2) is 28.7 Å². The van der Waals surface area contributed by atoms with Crippen LogP contribution in [0.15, 0.2) is 41.6 Å². The molecule has 1 aliphatic rings. The van der Waals surface area contributed by atoms with Crippen molar-refractivity contribution < 1.29 is 14.2 Å². The lowest BCUT2D eigenvalue weighted by Gasteiger charge is -2.09. The van der Waals surface area contributed by atoms with Crippen LogP contribution < -0.4 is 14.2 Å². The molecule has 27 heavy (non-hydrogen) atoms. The Morgan fingerprint density at radius 2 is 1.89 bits per heavy atom. The molecular weight excluding hydrogens is 386 g/mol. The van der Waals surface area contributed by atoms with Crippen molar-refractivity contribution in [2.45, 2.75) is 24.4 Å². The SMILES string of the molecule is CCn1c(SCc2cc3c(cc2Cl)OCO3)nnc1-c1ccc(OC)cc1. The minimum absolute atomic E-state index is 0.234. The van der Waals surface area contributed by atoms with Gasteiger partial charge in [0.05, 0.1) is 7.11 Å². The van der Waals surface area contributed by atoms with E-state index in [9.17, 15) is 0 Å². The molecule has 6 nitrogen and oxygen atoms in total. The third-order valence-electron chi connectivity index (χ3n) is 4.28. The highest BCUT2D eigenvalue weighted by molar-refractivity contribution is 7.98. The number of ether oxygens (including phenoxy) is 3. The molecule has 0 N–H and O–H groups in total.